The summed E-state index contributed by atoms with van der Waals surface area (Å²) in [6.07, 6.45) is 0.793. The number of esters is 1. The Morgan fingerprint density at radius 2 is 1.76 bits per heavy atom. The molecule has 2 aromatic rings. The second-order valence-corrected chi connectivity index (χ2v) is 7.54. The van der Waals surface area contributed by atoms with Crippen molar-refractivity contribution < 1.29 is 19.1 Å². The van der Waals surface area contributed by atoms with Gasteiger partial charge < -0.3 is 15.0 Å². The van der Waals surface area contributed by atoms with Crippen LogP contribution in [0.25, 0.3) is 0 Å². The Balaban J connectivity index is 1.74. The number of thioether (sulfide) groups is 1. The number of aryl methyl sites for hydroxylation is 2. The highest BCUT2D eigenvalue weighted by molar-refractivity contribution is 8.00. The summed E-state index contributed by atoms with van der Waals surface area (Å²) in [7, 11) is 1.50. The van der Waals surface area contributed by atoms with Gasteiger partial charge in [-0.3, -0.25) is 14.4 Å². The van der Waals surface area contributed by atoms with Crippen molar-refractivity contribution >= 4 is 35.2 Å². The lowest BCUT2D eigenvalue weighted by Crippen LogP contribution is -2.37. The number of likely N-dealkylation sites (N-methyl/N-ethyl adjacent to an activating group) is 1. The van der Waals surface area contributed by atoms with Gasteiger partial charge >= 0.3 is 5.97 Å². The second kappa shape index (κ2) is 11.3. The van der Waals surface area contributed by atoms with Crippen LogP contribution in [0.5, 0.6) is 0 Å². The van der Waals surface area contributed by atoms with E-state index < -0.39 is 11.9 Å². The van der Waals surface area contributed by atoms with Crippen molar-refractivity contribution in [1.82, 2.24) is 4.90 Å². The fraction of sp³-hybridized carbons (Fsp3) is 0.318. The molecule has 0 aliphatic heterocycles. The van der Waals surface area contributed by atoms with Crippen LogP contribution in [0.4, 0.5) is 5.69 Å². The van der Waals surface area contributed by atoms with E-state index in [1.54, 1.807) is 0 Å². The number of nitrogens with one attached hydrogen (secondary N) is 1. The third-order valence-corrected chi connectivity index (χ3v) is 5.42. The Morgan fingerprint density at radius 1 is 1.07 bits per heavy atom. The van der Waals surface area contributed by atoms with Crippen LogP contribution in [0, 0.1) is 6.92 Å². The first-order valence-corrected chi connectivity index (χ1v) is 10.3. The molecule has 7 heteroatoms. The van der Waals surface area contributed by atoms with E-state index in [1.165, 1.54) is 23.7 Å². The summed E-state index contributed by atoms with van der Waals surface area (Å²) >= 11 is 1.37. The van der Waals surface area contributed by atoms with Gasteiger partial charge in [-0.25, -0.2) is 0 Å². The first kappa shape index (κ1) is 22.5. The van der Waals surface area contributed by atoms with Gasteiger partial charge in [0, 0.05) is 17.6 Å². The number of carbonyl (C=O) groups is 3. The van der Waals surface area contributed by atoms with Crippen molar-refractivity contribution in [2.24, 2.45) is 0 Å². The van der Waals surface area contributed by atoms with Crippen LogP contribution < -0.4 is 5.32 Å². The first-order chi connectivity index (χ1) is 13.9. The number of nitrogens with zero attached hydrogens (tertiary/aromatic N) is 1. The van der Waals surface area contributed by atoms with Crippen molar-refractivity contribution in [3.05, 3.63) is 59.7 Å². The minimum Gasteiger partial charge on any atom is -0.455 e. The van der Waals surface area contributed by atoms with E-state index in [9.17, 15) is 14.4 Å². The summed E-state index contributed by atoms with van der Waals surface area (Å²) in [6, 6.07) is 15.3. The summed E-state index contributed by atoms with van der Waals surface area (Å²) in [5, 5.41) is 2.81. The smallest absolute Gasteiger partial charge is 0.316 e. The molecular formula is C22H26N2O4S. The van der Waals surface area contributed by atoms with Gasteiger partial charge in [0.25, 0.3) is 5.91 Å². The molecule has 0 aliphatic carbocycles. The summed E-state index contributed by atoms with van der Waals surface area (Å²) in [6.45, 7) is 3.47. The molecule has 1 N–H and O–H groups in total. The topological polar surface area (TPSA) is 75.7 Å². The van der Waals surface area contributed by atoms with Gasteiger partial charge in [0.1, 0.15) is 0 Å². The van der Waals surface area contributed by atoms with E-state index in [0.717, 1.165) is 28.1 Å². The van der Waals surface area contributed by atoms with Crippen LogP contribution >= 0.6 is 11.8 Å². The highest BCUT2D eigenvalue weighted by Crippen LogP contribution is 2.21. The van der Waals surface area contributed by atoms with Gasteiger partial charge in [0.05, 0.1) is 12.3 Å². The molecule has 0 atom stereocenters. The van der Waals surface area contributed by atoms with Crippen LogP contribution in [0.1, 0.15) is 18.1 Å². The lowest BCUT2D eigenvalue weighted by atomic mass is 10.1. The molecule has 0 spiro atoms. The summed E-state index contributed by atoms with van der Waals surface area (Å²) < 4.78 is 5.04. The molecule has 0 aromatic heterocycles. The van der Waals surface area contributed by atoms with E-state index in [1.807, 2.05) is 62.4 Å². The number of amides is 2. The summed E-state index contributed by atoms with van der Waals surface area (Å²) in [5.74, 6) is -1.08. The maximum atomic E-state index is 12.2. The average Bonchev–Trinajstić information content (AvgIpc) is 2.71. The standard InChI is InChI=1S/C22H26N2O4S/c1-4-17-10-6-7-11-18(17)23-20(25)13-24(3)21(26)14-28-22(27)15-29-19-12-8-5-9-16(19)2/h5-12H,4,13-15H2,1-3H3,(H,23,25). The predicted molar refractivity (Wildman–Crippen MR) is 115 cm³/mol. The number of hydrogen-bond acceptors (Lipinski definition) is 5. The molecule has 0 aliphatic rings. The summed E-state index contributed by atoms with van der Waals surface area (Å²) in [4.78, 5) is 38.5. The minimum absolute atomic E-state index is 0.119. The normalized spacial score (nSPS) is 10.3. The van der Waals surface area contributed by atoms with Crippen molar-refractivity contribution in [2.75, 3.05) is 31.3 Å². The third kappa shape index (κ3) is 7.27. The Labute approximate surface area is 175 Å². The fourth-order valence-corrected chi connectivity index (χ4v) is 3.42. The van der Waals surface area contributed by atoms with E-state index in [0.29, 0.717) is 0 Å². The molecule has 29 heavy (non-hydrogen) atoms. The van der Waals surface area contributed by atoms with E-state index >= 15 is 0 Å². The number of benzene rings is 2. The van der Waals surface area contributed by atoms with E-state index in [4.69, 9.17) is 4.74 Å². The molecule has 0 radical (unpaired) electrons. The fourth-order valence-electron chi connectivity index (χ4n) is 2.59. The largest absolute Gasteiger partial charge is 0.455 e. The van der Waals surface area contributed by atoms with Crippen molar-refractivity contribution in [1.29, 1.82) is 0 Å². The van der Waals surface area contributed by atoms with Crippen molar-refractivity contribution in [2.45, 2.75) is 25.2 Å². The number of hydrogen-bond donors (Lipinski definition) is 1. The Kier molecular flexibility index (Phi) is 8.73. The van der Waals surface area contributed by atoms with Gasteiger partial charge in [-0.2, -0.15) is 0 Å². The molecule has 0 saturated heterocycles. The third-order valence-electron chi connectivity index (χ3n) is 4.27. The van der Waals surface area contributed by atoms with Gasteiger partial charge in [0.15, 0.2) is 6.61 Å². The number of rotatable bonds is 9. The highest BCUT2D eigenvalue weighted by Gasteiger charge is 2.16. The Morgan fingerprint density at radius 3 is 2.48 bits per heavy atom. The molecule has 0 heterocycles. The number of para-hydroxylation sites is 1. The number of anilines is 1. The lowest BCUT2D eigenvalue weighted by molar-refractivity contribution is -0.149. The molecular weight excluding hydrogens is 388 g/mol. The zero-order valence-corrected chi connectivity index (χ0v) is 17.8. The van der Waals surface area contributed by atoms with Crippen molar-refractivity contribution in [3.63, 3.8) is 0 Å². The van der Waals surface area contributed by atoms with Gasteiger partial charge in [0.2, 0.25) is 5.91 Å². The molecule has 0 unspecified atom stereocenters. The van der Waals surface area contributed by atoms with E-state index in [2.05, 4.69) is 5.32 Å². The average molecular weight is 415 g/mol. The second-order valence-electron chi connectivity index (χ2n) is 6.52. The van der Waals surface area contributed by atoms with Crippen LogP contribution in [-0.2, 0) is 25.5 Å². The van der Waals surface area contributed by atoms with Crippen LogP contribution in [0.2, 0.25) is 0 Å². The highest BCUT2D eigenvalue weighted by atomic mass is 32.2. The minimum atomic E-state index is -0.471. The van der Waals surface area contributed by atoms with Crippen LogP contribution in [-0.4, -0.2) is 48.6 Å². The Hall–Kier alpha value is -2.80. The number of carbonyl (C=O) groups excluding carboxylic acids is 3. The maximum absolute atomic E-state index is 12.2. The molecule has 2 aromatic carbocycles. The number of ether oxygens (including phenoxy) is 1. The first-order valence-electron chi connectivity index (χ1n) is 9.36. The monoisotopic (exact) mass is 414 g/mol. The quantitative estimate of drug-likeness (QED) is 0.503. The van der Waals surface area contributed by atoms with Gasteiger partial charge in [-0.1, -0.05) is 43.3 Å². The molecule has 0 bridgehead atoms. The lowest BCUT2D eigenvalue weighted by Gasteiger charge is -2.17. The Bertz CT molecular complexity index is 869. The van der Waals surface area contributed by atoms with Gasteiger partial charge in [-0.15, -0.1) is 11.8 Å². The van der Waals surface area contributed by atoms with Gasteiger partial charge in [-0.05, 0) is 36.6 Å². The van der Waals surface area contributed by atoms with Crippen LogP contribution in [0.3, 0.4) is 0 Å². The predicted octanol–water partition coefficient (Wildman–Crippen LogP) is 3.29. The maximum Gasteiger partial charge on any atom is 0.316 e. The molecule has 0 fully saturated rings. The molecule has 2 rings (SSSR count). The van der Waals surface area contributed by atoms with E-state index in [-0.39, 0.29) is 24.8 Å². The zero-order valence-electron chi connectivity index (χ0n) is 16.9. The zero-order chi connectivity index (χ0) is 21.2. The molecule has 0 saturated carbocycles. The summed E-state index contributed by atoms with van der Waals surface area (Å²) in [5.41, 5.74) is 2.84. The van der Waals surface area contributed by atoms with Crippen molar-refractivity contribution in [3.8, 4) is 0 Å². The van der Waals surface area contributed by atoms with Crippen LogP contribution in [0.15, 0.2) is 53.4 Å². The molecule has 6 nitrogen and oxygen atoms in total. The molecule has 154 valence electrons. The molecule has 2 amide bonds. The SMILES string of the molecule is CCc1ccccc1NC(=O)CN(C)C(=O)COC(=O)CSc1ccccc1C.